The lowest BCUT2D eigenvalue weighted by Gasteiger charge is -2.22. The Balaban J connectivity index is 2.02. The highest BCUT2D eigenvalue weighted by atomic mass is 19.4. The number of H-pyrrole nitrogens is 1. The summed E-state index contributed by atoms with van der Waals surface area (Å²) in [5.41, 5.74) is -2.04. The van der Waals surface area contributed by atoms with Crippen LogP contribution in [0.1, 0.15) is 42.8 Å². The fraction of sp³-hybridized carbons (Fsp3) is 0.615. The van der Waals surface area contributed by atoms with E-state index in [9.17, 15) is 13.2 Å². The number of hydrogen-bond acceptors (Lipinski definition) is 5. The number of halogens is 3. The van der Waals surface area contributed by atoms with Gasteiger partial charge in [0.15, 0.2) is 5.69 Å². The average Bonchev–Trinajstić information content (AvgIpc) is 3.16. The predicted octanol–water partition coefficient (Wildman–Crippen LogP) is 3.20. The number of nitrogens with one attached hydrogen (secondary N) is 1. The van der Waals surface area contributed by atoms with Crippen LogP contribution in [0.15, 0.2) is 4.52 Å². The van der Waals surface area contributed by atoms with Crippen molar-refractivity contribution in [3.05, 3.63) is 17.1 Å². The lowest BCUT2D eigenvalue weighted by Crippen LogP contribution is -2.25. The number of aryl methyl sites for hydroxylation is 1. The Bertz CT molecular complexity index is 671. The van der Waals surface area contributed by atoms with E-state index in [0.717, 1.165) is 12.8 Å². The van der Waals surface area contributed by atoms with E-state index in [1.807, 2.05) is 0 Å². The molecule has 0 unspecified atom stereocenters. The van der Waals surface area contributed by atoms with Gasteiger partial charge in [-0.05, 0) is 32.6 Å². The van der Waals surface area contributed by atoms with Crippen molar-refractivity contribution in [2.45, 2.75) is 44.4 Å². The molecule has 1 aliphatic carbocycles. The molecular formula is C13H15F3N4O2. The second-order valence-electron chi connectivity index (χ2n) is 5.40. The van der Waals surface area contributed by atoms with Crippen LogP contribution in [-0.2, 0) is 16.5 Å². The molecule has 1 saturated carbocycles. The van der Waals surface area contributed by atoms with Crippen LogP contribution < -0.4 is 0 Å². The number of hydrogen-bond donors (Lipinski definition) is 1. The highest BCUT2D eigenvalue weighted by molar-refractivity contribution is 5.55. The van der Waals surface area contributed by atoms with Crippen LogP contribution >= 0.6 is 0 Å². The van der Waals surface area contributed by atoms with Gasteiger partial charge in [-0.25, -0.2) is 0 Å². The Morgan fingerprint density at radius 3 is 2.55 bits per heavy atom. The Hall–Kier alpha value is -1.90. The molecule has 0 bridgehead atoms. The van der Waals surface area contributed by atoms with Gasteiger partial charge in [0.2, 0.25) is 5.82 Å². The van der Waals surface area contributed by atoms with Crippen LogP contribution in [0, 0.1) is 6.92 Å². The summed E-state index contributed by atoms with van der Waals surface area (Å²) in [5, 5.41) is 9.79. The van der Waals surface area contributed by atoms with Crippen molar-refractivity contribution in [3.8, 4) is 11.6 Å². The van der Waals surface area contributed by atoms with E-state index in [1.165, 1.54) is 6.92 Å². The molecule has 0 atom stereocenters. The van der Waals surface area contributed by atoms with Crippen molar-refractivity contribution in [2.75, 3.05) is 7.11 Å². The van der Waals surface area contributed by atoms with Gasteiger partial charge in [0.25, 0.3) is 5.89 Å². The zero-order valence-corrected chi connectivity index (χ0v) is 12.1. The van der Waals surface area contributed by atoms with Crippen LogP contribution in [-0.4, -0.2) is 27.4 Å². The minimum atomic E-state index is -4.55. The normalized spacial score (nSPS) is 18.0. The molecule has 1 fully saturated rings. The monoisotopic (exact) mass is 316 g/mol. The van der Waals surface area contributed by atoms with Gasteiger partial charge in [-0.15, -0.1) is 0 Å². The maximum atomic E-state index is 13.1. The van der Waals surface area contributed by atoms with E-state index in [0.29, 0.717) is 12.8 Å². The predicted molar refractivity (Wildman–Crippen MR) is 68.8 cm³/mol. The van der Waals surface area contributed by atoms with Gasteiger partial charge >= 0.3 is 6.18 Å². The number of rotatable bonds is 3. The molecular weight excluding hydrogens is 301 g/mol. The van der Waals surface area contributed by atoms with Gasteiger partial charge in [0, 0.05) is 12.8 Å². The largest absolute Gasteiger partial charge is 0.420 e. The minimum Gasteiger partial charge on any atom is -0.370 e. The molecule has 6 nitrogen and oxygen atoms in total. The van der Waals surface area contributed by atoms with Crippen molar-refractivity contribution in [2.24, 2.45) is 0 Å². The lowest BCUT2D eigenvalue weighted by atomic mass is 10.0. The molecule has 1 N–H and O–H groups in total. The summed E-state index contributed by atoms with van der Waals surface area (Å²) in [6, 6.07) is 0. The molecule has 120 valence electrons. The van der Waals surface area contributed by atoms with Crippen LogP contribution in [0.25, 0.3) is 11.6 Å². The lowest BCUT2D eigenvalue weighted by molar-refractivity contribution is -0.137. The topological polar surface area (TPSA) is 76.8 Å². The molecule has 0 radical (unpaired) electrons. The molecule has 0 spiro atoms. The summed E-state index contributed by atoms with van der Waals surface area (Å²) in [7, 11) is 1.54. The fourth-order valence-corrected chi connectivity index (χ4v) is 2.90. The highest BCUT2D eigenvalue weighted by Crippen LogP contribution is 2.42. The van der Waals surface area contributed by atoms with E-state index in [2.05, 4.69) is 20.3 Å². The maximum absolute atomic E-state index is 13.1. The maximum Gasteiger partial charge on any atom is 0.420 e. The second kappa shape index (κ2) is 5.08. The molecule has 9 heteroatoms. The van der Waals surface area contributed by atoms with Gasteiger partial charge in [0.1, 0.15) is 11.2 Å². The molecule has 1 aliphatic rings. The second-order valence-corrected chi connectivity index (χ2v) is 5.40. The first kappa shape index (κ1) is 15.0. The van der Waals surface area contributed by atoms with Crippen LogP contribution in [0.2, 0.25) is 0 Å². The van der Waals surface area contributed by atoms with E-state index in [1.54, 1.807) is 7.11 Å². The molecule has 0 amide bonds. The molecule has 3 rings (SSSR count). The van der Waals surface area contributed by atoms with Crippen molar-refractivity contribution in [1.82, 2.24) is 20.3 Å². The number of alkyl halides is 3. The zero-order valence-electron chi connectivity index (χ0n) is 12.1. The van der Waals surface area contributed by atoms with Crippen molar-refractivity contribution < 1.29 is 22.4 Å². The summed E-state index contributed by atoms with van der Waals surface area (Å²) in [6.07, 6.45) is -1.21. The fourth-order valence-electron chi connectivity index (χ4n) is 2.90. The van der Waals surface area contributed by atoms with E-state index in [-0.39, 0.29) is 23.1 Å². The highest BCUT2D eigenvalue weighted by Gasteiger charge is 2.43. The Morgan fingerprint density at radius 2 is 1.95 bits per heavy atom. The molecule has 0 aliphatic heterocycles. The molecule has 0 aromatic carbocycles. The third-order valence-electron chi connectivity index (χ3n) is 4.07. The summed E-state index contributed by atoms with van der Waals surface area (Å²) in [4.78, 5) is 4.11. The van der Waals surface area contributed by atoms with Gasteiger partial charge in [-0.3, -0.25) is 5.10 Å². The molecule has 2 aromatic rings. The van der Waals surface area contributed by atoms with E-state index < -0.39 is 17.3 Å². The first-order valence-corrected chi connectivity index (χ1v) is 6.89. The number of nitrogens with zero attached hydrogens (tertiary/aromatic N) is 3. The van der Waals surface area contributed by atoms with Crippen molar-refractivity contribution in [1.29, 1.82) is 0 Å². The number of methoxy groups -OCH3 is 1. The number of aromatic amines is 1. The van der Waals surface area contributed by atoms with Crippen LogP contribution in [0.5, 0.6) is 0 Å². The van der Waals surface area contributed by atoms with E-state index in [4.69, 9.17) is 9.26 Å². The van der Waals surface area contributed by atoms with Gasteiger partial charge in [-0.2, -0.15) is 23.3 Å². The van der Waals surface area contributed by atoms with Crippen molar-refractivity contribution in [3.63, 3.8) is 0 Å². The van der Waals surface area contributed by atoms with Gasteiger partial charge < -0.3 is 9.26 Å². The molecule has 2 heterocycles. The zero-order chi connectivity index (χ0) is 16.0. The Labute approximate surface area is 124 Å². The average molecular weight is 316 g/mol. The number of ether oxygens (including phenoxy) is 1. The smallest absolute Gasteiger partial charge is 0.370 e. The number of aromatic nitrogens is 4. The summed E-state index contributed by atoms with van der Waals surface area (Å²) in [6.45, 7) is 1.30. The Morgan fingerprint density at radius 1 is 1.27 bits per heavy atom. The Kier molecular flexibility index (Phi) is 3.47. The summed E-state index contributed by atoms with van der Waals surface area (Å²) < 4.78 is 49.8. The quantitative estimate of drug-likeness (QED) is 0.941. The standard InChI is InChI=1S/C13H15F3N4O2/c1-7-8(13(14,15)16)9(19-18-7)10-17-11(20-22-10)12(21-2)5-3-4-6-12/h3-6H2,1-2H3,(H,18,19). The first-order valence-electron chi connectivity index (χ1n) is 6.89. The molecule has 2 aromatic heterocycles. The van der Waals surface area contributed by atoms with Gasteiger partial charge in [0.05, 0.1) is 0 Å². The van der Waals surface area contributed by atoms with Crippen LogP contribution in [0.4, 0.5) is 13.2 Å². The summed E-state index contributed by atoms with van der Waals surface area (Å²) >= 11 is 0. The summed E-state index contributed by atoms with van der Waals surface area (Å²) in [5.74, 6) is 0.0197. The first-order chi connectivity index (χ1) is 10.4. The van der Waals surface area contributed by atoms with Gasteiger partial charge in [-0.1, -0.05) is 5.16 Å². The van der Waals surface area contributed by atoms with E-state index >= 15 is 0 Å². The third-order valence-corrected chi connectivity index (χ3v) is 4.07. The van der Waals surface area contributed by atoms with Crippen molar-refractivity contribution >= 4 is 0 Å². The minimum absolute atomic E-state index is 0.0930. The SMILES string of the molecule is COC1(c2noc(-c3n[nH]c(C)c3C(F)(F)F)n2)CCCC1. The third kappa shape index (κ3) is 2.29. The molecule has 22 heavy (non-hydrogen) atoms. The van der Waals surface area contributed by atoms with Crippen LogP contribution in [0.3, 0.4) is 0 Å². The molecule has 0 saturated heterocycles.